The van der Waals surface area contributed by atoms with E-state index in [0.29, 0.717) is 6.10 Å². The Bertz CT molecular complexity index is 334. The average molecular weight is 234 g/mol. The third kappa shape index (κ3) is 2.23. The largest absolute Gasteiger partial charge is 0.379 e. The van der Waals surface area contributed by atoms with Gasteiger partial charge in [-0.1, -0.05) is 48.6 Å². The Kier molecular flexibility index (Phi) is 3.50. The maximum Gasteiger partial charge on any atom is 0.0862 e. The molecular weight excluding hydrogens is 212 g/mol. The summed E-state index contributed by atoms with van der Waals surface area (Å²) in [5.41, 5.74) is 0.767. The summed E-state index contributed by atoms with van der Waals surface area (Å²) in [5, 5.41) is 1.57. The first kappa shape index (κ1) is 11.9. The Hall–Kier alpha value is -0.603. The lowest BCUT2D eigenvalue weighted by Gasteiger charge is -2.40. The van der Waals surface area contributed by atoms with Crippen molar-refractivity contribution in [2.24, 2.45) is 0 Å². The molecule has 1 aromatic rings. The van der Waals surface area contributed by atoms with Gasteiger partial charge in [0, 0.05) is 6.61 Å². The smallest absolute Gasteiger partial charge is 0.0862 e. The zero-order chi connectivity index (χ0) is 11.6. The summed E-state index contributed by atoms with van der Waals surface area (Å²) in [5.74, 6) is 0. The van der Waals surface area contributed by atoms with E-state index in [9.17, 15) is 0 Å². The fourth-order valence-corrected chi connectivity index (χ4v) is 6.63. The Morgan fingerprint density at radius 2 is 1.88 bits per heavy atom. The van der Waals surface area contributed by atoms with E-state index in [1.54, 1.807) is 5.19 Å². The van der Waals surface area contributed by atoms with Crippen LogP contribution < -0.4 is 5.19 Å². The zero-order valence-electron chi connectivity index (χ0n) is 10.6. The van der Waals surface area contributed by atoms with Gasteiger partial charge in [0.1, 0.15) is 0 Å². The van der Waals surface area contributed by atoms with Gasteiger partial charge in [-0.05, 0) is 25.3 Å². The normalized spacial score (nSPS) is 26.7. The first-order valence-electron chi connectivity index (χ1n) is 6.29. The molecule has 0 aromatic heterocycles. The van der Waals surface area contributed by atoms with Gasteiger partial charge in [-0.15, -0.1) is 0 Å². The lowest BCUT2D eigenvalue weighted by molar-refractivity contribution is 0.0271. The van der Waals surface area contributed by atoms with Crippen molar-refractivity contribution in [1.29, 1.82) is 0 Å². The van der Waals surface area contributed by atoms with Gasteiger partial charge in [-0.2, -0.15) is 0 Å². The molecule has 1 aromatic carbocycles. The summed E-state index contributed by atoms with van der Waals surface area (Å²) >= 11 is 0. The van der Waals surface area contributed by atoms with E-state index in [2.05, 4.69) is 50.3 Å². The van der Waals surface area contributed by atoms with E-state index in [1.807, 2.05) is 0 Å². The van der Waals surface area contributed by atoms with Gasteiger partial charge >= 0.3 is 0 Å². The molecule has 1 aliphatic rings. The molecule has 1 fully saturated rings. The first-order chi connectivity index (χ1) is 7.62. The van der Waals surface area contributed by atoms with E-state index in [0.717, 1.165) is 12.1 Å². The second-order valence-electron chi connectivity index (χ2n) is 5.41. The molecule has 1 heterocycles. The van der Waals surface area contributed by atoms with Gasteiger partial charge in [-0.25, -0.2) is 0 Å². The Morgan fingerprint density at radius 3 is 2.50 bits per heavy atom. The van der Waals surface area contributed by atoms with Crippen molar-refractivity contribution >= 4 is 13.3 Å². The highest BCUT2D eigenvalue weighted by atomic mass is 28.3. The van der Waals surface area contributed by atoms with Crippen molar-refractivity contribution in [1.82, 2.24) is 0 Å². The monoisotopic (exact) mass is 234 g/mol. The lowest BCUT2D eigenvalue weighted by atomic mass is 10.1. The number of hydrogen-bond donors (Lipinski definition) is 0. The van der Waals surface area contributed by atoms with Crippen LogP contribution in [0.5, 0.6) is 0 Å². The molecule has 0 amide bonds. The maximum absolute atomic E-state index is 5.83. The van der Waals surface area contributed by atoms with Crippen molar-refractivity contribution in [3.8, 4) is 0 Å². The minimum absolute atomic E-state index is 0.440. The molecule has 0 aliphatic carbocycles. The fourth-order valence-electron chi connectivity index (χ4n) is 2.95. The van der Waals surface area contributed by atoms with Crippen LogP contribution in [0.1, 0.15) is 19.8 Å². The summed E-state index contributed by atoms with van der Waals surface area (Å²) in [6.45, 7) is 8.18. The number of hydrogen-bond acceptors (Lipinski definition) is 1. The van der Waals surface area contributed by atoms with E-state index >= 15 is 0 Å². The summed E-state index contributed by atoms with van der Waals surface area (Å²) in [6, 6.07) is 11.0. The van der Waals surface area contributed by atoms with Crippen molar-refractivity contribution < 1.29 is 4.74 Å². The predicted octanol–water partition coefficient (Wildman–Crippen LogP) is 3.17. The van der Waals surface area contributed by atoms with Crippen LogP contribution in [0.25, 0.3) is 0 Å². The second-order valence-corrected chi connectivity index (χ2v) is 10.2. The number of benzene rings is 1. The quantitative estimate of drug-likeness (QED) is 0.714. The van der Waals surface area contributed by atoms with E-state index in [4.69, 9.17) is 4.74 Å². The highest BCUT2D eigenvalue weighted by molar-refractivity contribution is 6.91. The molecule has 2 rings (SSSR count). The minimum Gasteiger partial charge on any atom is -0.379 e. The molecule has 1 nitrogen and oxygen atoms in total. The van der Waals surface area contributed by atoms with Gasteiger partial charge in [-0.3, -0.25) is 0 Å². The topological polar surface area (TPSA) is 9.23 Å². The molecule has 0 unspecified atom stereocenters. The highest BCUT2D eigenvalue weighted by Gasteiger charge is 2.38. The molecule has 88 valence electrons. The summed E-state index contributed by atoms with van der Waals surface area (Å²) in [4.78, 5) is 0. The summed E-state index contributed by atoms with van der Waals surface area (Å²) in [6.07, 6.45) is 3.02. The van der Waals surface area contributed by atoms with Gasteiger partial charge in [0.15, 0.2) is 0 Å². The van der Waals surface area contributed by atoms with Crippen molar-refractivity contribution in [2.75, 3.05) is 6.61 Å². The molecular formula is C14H22OSi. The highest BCUT2D eigenvalue weighted by Crippen LogP contribution is 2.34. The lowest BCUT2D eigenvalue weighted by Crippen LogP contribution is -2.51. The molecule has 2 atom stereocenters. The van der Waals surface area contributed by atoms with Crippen LogP contribution in [0.15, 0.2) is 30.3 Å². The third-order valence-electron chi connectivity index (χ3n) is 4.05. The molecule has 0 radical (unpaired) electrons. The van der Waals surface area contributed by atoms with Crippen molar-refractivity contribution in [3.05, 3.63) is 30.3 Å². The maximum atomic E-state index is 5.83. The van der Waals surface area contributed by atoms with Gasteiger partial charge in [0.25, 0.3) is 0 Å². The van der Waals surface area contributed by atoms with Crippen LogP contribution in [0.2, 0.25) is 18.6 Å². The Morgan fingerprint density at radius 1 is 1.19 bits per heavy atom. The predicted molar refractivity (Wildman–Crippen MR) is 72.0 cm³/mol. The molecule has 16 heavy (non-hydrogen) atoms. The summed E-state index contributed by atoms with van der Waals surface area (Å²) in [7, 11) is -1.37. The van der Waals surface area contributed by atoms with Crippen molar-refractivity contribution in [2.45, 2.75) is 44.5 Å². The van der Waals surface area contributed by atoms with E-state index in [-0.39, 0.29) is 0 Å². The minimum atomic E-state index is -1.37. The SMILES string of the molecule is C[C@@H]1OCCC[C@H]1[Si](C)(C)c1ccccc1. The molecule has 2 heteroatoms. The van der Waals surface area contributed by atoms with E-state index in [1.165, 1.54) is 12.8 Å². The standard InChI is InChI=1S/C14H22OSi/c1-12-14(10-7-11-15-12)16(2,3)13-8-5-4-6-9-13/h4-6,8-9,12,14H,7,10-11H2,1-3H3/t12-,14+/m0/s1. The van der Waals surface area contributed by atoms with Gasteiger partial charge in [0.2, 0.25) is 0 Å². The first-order valence-corrected chi connectivity index (χ1v) is 9.37. The number of rotatable bonds is 2. The van der Waals surface area contributed by atoms with Crippen LogP contribution in [0, 0.1) is 0 Å². The van der Waals surface area contributed by atoms with Crippen LogP contribution in [0.4, 0.5) is 0 Å². The fraction of sp³-hybridized carbons (Fsp3) is 0.571. The Balaban J connectivity index is 2.23. The van der Waals surface area contributed by atoms with E-state index < -0.39 is 8.07 Å². The molecule has 0 spiro atoms. The zero-order valence-corrected chi connectivity index (χ0v) is 11.6. The Labute approximate surface area is 99.8 Å². The molecule has 0 saturated carbocycles. The number of ether oxygens (including phenoxy) is 1. The molecule has 1 saturated heterocycles. The molecule has 1 aliphatic heterocycles. The van der Waals surface area contributed by atoms with Crippen LogP contribution in [0.3, 0.4) is 0 Å². The van der Waals surface area contributed by atoms with Crippen LogP contribution >= 0.6 is 0 Å². The van der Waals surface area contributed by atoms with Crippen molar-refractivity contribution in [3.63, 3.8) is 0 Å². The summed E-state index contributed by atoms with van der Waals surface area (Å²) < 4.78 is 5.83. The van der Waals surface area contributed by atoms with Gasteiger partial charge in [0.05, 0.1) is 14.2 Å². The molecule has 0 N–H and O–H groups in total. The second kappa shape index (κ2) is 4.72. The third-order valence-corrected chi connectivity index (χ3v) is 8.49. The van der Waals surface area contributed by atoms with Gasteiger partial charge < -0.3 is 4.74 Å². The van der Waals surface area contributed by atoms with Crippen LogP contribution in [-0.2, 0) is 4.74 Å². The van der Waals surface area contributed by atoms with Crippen LogP contribution in [-0.4, -0.2) is 20.8 Å². The average Bonchev–Trinajstić information content (AvgIpc) is 2.30. The molecule has 0 bridgehead atoms.